The molecule has 2 rings (SSSR count). The molecule has 4 N–H and O–H groups in total. The van der Waals surface area contributed by atoms with Crippen molar-refractivity contribution in [3.8, 4) is 11.5 Å². The number of carboxylic acid groups (broad SMARTS) is 2. The first-order chi connectivity index (χ1) is 19.9. The maximum absolute atomic E-state index is 11.6. The number of carbonyl (C=O) groups excluding carboxylic acids is 2. The maximum Gasteiger partial charge on any atom is 0.323 e. The average molecular weight is 609 g/mol. The monoisotopic (exact) mass is 608 g/mol. The van der Waals surface area contributed by atoms with Gasteiger partial charge in [0.2, 0.25) is 0 Å². The predicted octanol–water partition coefficient (Wildman–Crippen LogP) is 3.70. The first-order valence-corrected chi connectivity index (χ1v) is 13.2. The number of ether oxygens (including phenoxy) is 4. The number of aliphatic hydroxyl groups is 2. The van der Waals surface area contributed by atoms with Crippen LogP contribution in [-0.4, -0.2) is 71.7 Å². The van der Waals surface area contributed by atoms with E-state index in [2.05, 4.69) is 0 Å². The molecule has 0 aliphatic heterocycles. The summed E-state index contributed by atoms with van der Waals surface area (Å²) >= 11 is 0. The van der Waals surface area contributed by atoms with Crippen LogP contribution in [-0.2, 0) is 41.9 Å². The molecule has 12 heteroatoms. The van der Waals surface area contributed by atoms with Crippen molar-refractivity contribution in [1.29, 1.82) is 0 Å². The molecule has 0 aromatic heterocycles. The Balaban J connectivity index is 0.000000661. The smallest absolute Gasteiger partial charge is 0.323 e. The van der Waals surface area contributed by atoms with E-state index in [0.29, 0.717) is 5.75 Å². The van der Waals surface area contributed by atoms with Crippen molar-refractivity contribution in [2.45, 2.75) is 54.8 Å². The van der Waals surface area contributed by atoms with E-state index in [1.165, 1.54) is 27.7 Å². The quantitative estimate of drug-likeness (QED) is 0.203. The molecule has 0 aliphatic rings. The van der Waals surface area contributed by atoms with Gasteiger partial charge in [-0.2, -0.15) is 0 Å². The zero-order valence-electron chi connectivity index (χ0n) is 26.0. The second kappa shape index (κ2) is 17.7. The van der Waals surface area contributed by atoms with Gasteiger partial charge in [0.25, 0.3) is 0 Å². The molecule has 0 bridgehead atoms. The van der Waals surface area contributed by atoms with Gasteiger partial charge in [-0.25, -0.2) is 0 Å². The lowest BCUT2D eigenvalue weighted by molar-refractivity contribution is -0.167. The van der Waals surface area contributed by atoms with Crippen LogP contribution in [0.25, 0.3) is 0 Å². The highest BCUT2D eigenvalue weighted by Crippen LogP contribution is 2.20. The summed E-state index contributed by atoms with van der Waals surface area (Å²) in [6.45, 7) is 8.54. The van der Waals surface area contributed by atoms with E-state index in [0.717, 1.165) is 16.9 Å². The number of carbonyl (C=O) groups is 4. The van der Waals surface area contributed by atoms with E-state index in [1.807, 2.05) is 12.1 Å². The van der Waals surface area contributed by atoms with Gasteiger partial charge < -0.3 is 39.4 Å². The SMILES string of the molecule is CC(C)(CO)C(=O)O.COc1ccc(COC(=O)C(C)(C)C(=O)O)cc1.COc1ccc(COC(=O)C(C)(C)CO)cc1. The van der Waals surface area contributed by atoms with E-state index in [1.54, 1.807) is 64.5 Å². The van der Waals surface area contributed by atoms with Gasteiger partial charge in [-0.15, -0.1) is 0 Å². The number of methoxy groups -OCH3 is 2. The molecule has 2 aromatic rings. The van der Waals surface area contributed by atoms with Gasteiger partial charge in [0, 0.05) is 0 Å². The lowest BCUT2D eigenvalue weighted by Gasteiger charge is -2.19. The molecule has 0 fully saturated rings. The van der Waals surface area contributed by atoms with Crippen LogP contribution in [0.2, 0.25) is 0 Å². The second-order valence-electron chi connectivity index (χ2n) is 11.2. The van der Waals surface area contributed by atoms with Crippen LogP contribution in [0.3, 0.4) is 0 Å². The Morgan fingerprint density at radius 2 is 0.930 bits per heavy atom. The summed E-state index contributed by atoms with van der Waals surface area (Å²) in [7, 11) is 3.16. The summed E-state index contributed by atoms with van der Waals surface area (Å²) in [4.78, 5) is 44.1. The minimum Gasteiger partial charge on any atom is -0.497 e. The molecule has 0 radical (unpaired) electrons. The van der Waals surface area contributed by atoms with Crippen molar-refractivity contribution in [1.82, 2.24) is 0 Å². The van der Waals surface area contributed by atoms with Gasteiger partial charge in [0.15, 0.2) is 5.41 Å². The molecule has 0 atom stereocenters. The third-order valence-electron chi connectivity index (χ3n) is 6.03. The summed E-state index contributed by atoms with van der Waals surface area (Å²) < 4.78 is 20.1. The zero-order valence-corrected chi connectivity index (χ0v) is 26.0. The maximum atomic E-state index is 11.6. The first-order valence-electron chi connectivity index (χ1n) is 13.2. The molecule has 0 heterocycles. The normalized spacial score (nSPS) is 11.0. The van der Waals surface area contributed by atoms with Crippen LogP contribution in [0.5, 0.6) is 11.5 Å². The van der Waals surface area contributed by atoms with Crippen LogP contribution in [0.1, 0.15) is 52.7 Å². The lowest BCUT2D eigenvalue weighted by Crippen LogP contribution is -2.34. The molecule has 0 spiro atoms. The van der Waals surface area contributed by atoms with Crippen molar-refractivity contribution in [2.24, 2.45) is 16.2 Å². The molecule has 0 amide bonds. The van der Waals surface area contributed by atoms with Gasteiger partial charge in [0.1, 0.15) is 24.7 Å². The summed E-state index contributed by atoms with van der Waals surface area (Å²) in [5.74, 6) is -1.88. The Bertz CT molecular complexity index is 1170. The molecular weight excluding hydrogens is 564 g/mol. The number of carboxylic acids is 2. The van der Waals surface area contributed by atoms with E-state index in [4.69, 9.17) is 39.4 Å². The minimum atomic E-state index is -1.54. The Morgan fingerprint density at radius 3 is 1.19 bits per heavy atom. The fraction of sp³-hybridized carbons (Fsp3) is 0.484. The van der Waals surface area contributed by atoms with Crippen molar-refractivity contribution >= 4 is 23.9 Å². The highest BCUT2D eigenvalue weighted by Gasteiger charge is 2.37. The molecular formula is C31H44O12. The Morgan fingerprint density at radius 1 is 0.581 bits per heavy atom. The number of rotatable bonds is 12. The van der Waals surface area contributed by atoms with Gasteiger partial charge in [-0.05, 0) is 76.9 Å². The molecule has 2 aromatic carbocycles. The number of esters is 2. The lowest BCUT2D eigenvalue weighted by atomic mass is 9.94. The van der Waals surface area contributed by atoms with Crippen LogP contribution in [0, 0.1) is 16.2 Å². The highest BCUT2D eigenvalue weighted by atomic mass is 16.5. The van der Waals surface area contributed by atoms with Crippen molar-refractivity contribution in [3.05, 3.63) is 59.7 Å². The Kier molecular flexibility index (Phi) is 16.0. The molecule has 12 nitrogen and oxygen atoms in total. The van der Waals surface area contributed by atoms with Crippen molar-refractivity contribution in [2.75, 3.05) is 27.4 Å². The van der Waals surface area contributed by atoms with Crippen LogP contribution < -0.4 is 9.47 Å². The van der Waals surface area contributed by atoms with E-state index >= 15 is 0 Å². The summed E-state index contributed by atoms with van der Waals surface area (Å²) in [5, 5.41) is 34.5. The number of hydrogen-bond acceptors (Lipinski definition) is 10. The fourth-order valence-electron chi connectivity index (χ4n) is 2.34. The highest BCUT2D eigenvalue weighted by molar-refractivity contribution is 5.98. The number of aliphatic carboxylic acids is 2. The topological polar surface area (TPSA) is 186 Å². The predicted molar refractivity (Wildman–Crippen MR) is 156 cm³/mol. The molecule has 43 heavy (non-hydrogen) atoms. The third-order valence-corrected chi connectivity index (χ3v) is 6.03. The fourth-order valence-corrected chi connectivity index (χ4v) is 2.34. The summed E-state index contributed by atoms with van der Waals surface area (Å²) in [6, 6.07) is 14.3. The van der Waals surface area contributed by atoms with Gasteiger partial charge in [-0.1, -0.05) is 24.3 Å². The summed E-state index contributed by atoms with van der Waals surface area (Å²) in [5.41, 5.74) is -1.72. The van der Waals surface area contributed by atoms with Crippen LogP contribution in [0.4, 0.5) is 0 Å². The molecule has 0 unspecified atom stereocenters. The van der Waals surface area contributed by atoms with Gasteiger partial charge >= 0.3 is 23.9 Å². The standard InChI is InChI=1S/C13H16O5.C13H18O4.C5H10O3/c1-13(2,11(14)15)12(16)18-8-9-4-6-10(17-3)7-5-9;1-13(2,9-14)12(15)17-8-10-4-6-11(16-3)7-5-10;1-5(2,3-6)4(7)8/h4-7H,8H2,1-3H3,(H,14,15);4-7,14H,8-9H2,1-3H3;6H,3H2,1-2H3,(H,7,8). The van der Waals surface area contributed by atoms with E-state index < -0.39 is 40.1 Å². The Labute approximate surface area is 252 Å². The molecule has 0 saturated heterocycles. The number of aliphatic hydroxyl groups excluding tert-OH is 2. The number of benzene rings is 2. The largest absolute Gasteiger partial charge is 0.497 e. The minimum absolute atomic E-state index is 0.0412. The van der Waals surface area contributed by atoms with Gasteiger partial charge in [0.05, 0.1) is 38.3 Å². The molecule has 0 aliphatic carbocycles. The molecule has 0 saturated carbocycles. The van der Waals surface area contributed by atoms with Gasteiger partial charge in [-0.3, -0.25) is 19.2 Å². The second-order valence-corrected chi connectivity index (χ2v) is 11.2. The third kappa shape index (κ3) is 13.6. The number of hydrogen-bond donors (Lipinski definition) is 4. The van der Waals surface area contributed by atoms with Crippen LogP contribution >= 0.6 is 0 Å². The van der Waals surface area contributed by atoms with Crippen molar-refractivity contribution in [3.63, 3.8) is 0 Å². The Hall–Kier alpha value is -4.16. The van der Waals surface area contributed by atoms with E-state index in [9.17, 15) is 19.2 Å². The first kappa shape index (κ1) is 38.8. The van der Waals surface area contributed by atoms with Crippen LogP contribution in [0.15, 0.2) is 48.5 Å². The zero-order chi connectivity index (χ0) is 33.4. The summed E-state index contributed by atoms with van der Waals surface area (Å²) in [6.07, 6.45) is 0. The molecule has 240 valence electrons. The van der Waals surface area contributed by atoms with Crippen molar-refractivity contribution < 1.29 is 58.6 Å². The average Bonchev–Trinajstić information content (AvgIpc) is 2.99. The van der Waals surface area contributed by atoms with E-state index in [-0.39, 0.29) is 26.4 Å².